The van der Waals surface area contributed by atoms with E-state index in [1.165, 1.54) is 0 Å². The van der Waals surface area contributed by atoms with Crippen molar-refractivity contribution in [2.24, 2.45) is 5.92 Å². The van der Waals surface area contributed by atoms with Gasteiger partial charge in [0.05, 0.1) is 5.92 Å². The van der Waals surface area contributed by atoms with Crippen molar-refractivity contribution < 1.29 is 14.3 Å². The van der Waals surface area contributed by atoms with Crippen molar-refractivity contribution in [3.63, 3.8) is 0 Å². The van der Waals surface area contributed by atoms with Crippen LogP contribution in [0.5, 0.6) is 5.75 Å². The van der Waals surface area contributed by atoms with Crippen molar-refractivity contribution in [1.82, 2.24) is 0 Å². The topological polar surface area (TPSA) is 46.6 Å². The second-order valence-electron chi connectivity index (χ2n) is 6.05. The van der Waals surface area contributed by atoms with Gasteiger partial charge >= 0.3 is 5.97 Å². The lowest BCUT2D eigenvalue weighted by molar-refractivity contribution is -0.139. The fourth-order valence-corrected chi connectivity index (χ4v) is 2.92. The lowest BCUT2D eigenvalue weighted by Crippen LogP contribution is -2.27. The van der Waals surface area contributed by atoms with Crippen molar-refractivity contribution in [1.29, 1.82) is 0 Å². The monoisotopic (exact) mass is 343 g/mol. The van der Waals surface area contributed by atoms with Gasteiger partial charge < -0.3 is 9.64 Å². The molecule has 124 valence electrons. The van der Waals surface area contributed by atoms with Gasteiger partial charge in [0.2, 0.25) is 5.91 Å². The van der Waals surface area contributed by atoms with E-state index in [2.05, 4.69) is 0 Å². The lowest BCUT2D eigenvalue weighted by atomic mass is 10.1. The summed E-state index contributed by atoms with van der Waals surface area (Å²) >= 11 is 5.98. The molecule has 1 amide bonds. The summed E-state index contributed by atoms with van der Waals surface area (Å²) in [5, 5.41) is 0.557. The van der Waals surface area contributed by atoms with Gasteiger partial charge in [-0.05, 0) is 55.3 Å². The Balaban J connectivity index is 1.70. The molecule has 0 spiro atoms. The molecule has 0 saturated carbocycles. The van der Waals surface area contributed by atoms with Crippen molar-refractivity contribution in [3.8, 4) is 5.75 Å². The smallest absolute Gasteiger partial charge is 0.316 e. The Morgan fingerprint density at radius 3 is 2.67 bits per heavy atom. The first-order valence-corrected chi connectivity index (χ1v) is 8.17. The summed E-state index contributed by atoms with van der Waals surface area (Å²) < 4.78 is 5.45. The molecule has 1 saturated heterocycles. The molecule has 0 aliphatic carbocycles. The molecule has 0 radical (unpaired) electrons. The summed E-state index contributed by atoms with van der Waals surface area (Å²) in [4.78, 5) is 26.2. The van der Waals surface area contributed by atoms with Gasteiger partial charge in [-0.15, -0.1) is 0 Å². The highest BCUT2D eigenvalue weighted by molar-refractivity contribution is 6.30. The first-order chi connectivity index (χ1) is 11.4. The second-order valence-corrected chi connectivity index (χ2v) is 6.49. The molecule has 1 heterocycles. The number of benzene rings is 2. The Morgan fingerprint density at radius 1 is 1.17 bits per heavy atom. The fourth-order valence-electron chi connectivity index (χ4n) is 2.74. The van der Waals surface area contributed by atoms with Crippen LogP contribution in [0.3, 0.4) is 0 Å². The molecule has 24 heavy (non-hydrogen) atoms. The molecule has 5 heteroatoms. The number of rotatable bonds is 3. The molecule has 3 rings (SSSR count). The Morgan fingerprint density at radius 2 is 1.96 bits per heavy atom. The maximum Gasteiger partial charge on any atom is 0.316 e. The zero-order valence-corrected chi connectivity index (χ0v) is 14.3. The SMILES string of the molecule is Cc1ccc(OC(=O)[C@H]2CC(=O)N(c3cccc(Cl)c3)C2)cc1C. The molecule has 1 atom stereocenters. The van der Waals surface area contributed by atoms with Gasteiger partial charge in [-0.3, -0.25) is 9.59 Å². The van der Waals surface area contributed by atoms with Gasteiger partial charge in [-0.25, -0.2) is 0 Å². The van der Waals surface area contributed by atoms with Crippen molar-refractivity contribution in [2.75, 3.05) is 11.4 Å². The zero-order chi connectivity index (χ0) is 17.3. The van der Waals surface area contributed by atoms with E-state index in [0.29, 0.717) is 23.0 Å². The summed E-state index contributed by atoms with van der Waals surface area (Å²) in [7, 11) is 0. The van der Waals surface area contributed by atoms with E-state index in [4.69, 9.17) is 16.3 Å². The molecule has 2 aromatic rings. The number of halogens is 1. The summed E-state index contributed by atoms with van der Waals surface area (Å²) in [5.74, 6) is -0.440. The van der Waals surface area contributed by atoms with E-state index in [-0.39, 0.29) is 18.3 Å². The van der Waals surface area contributed by atoms with E-state index < -0.39 is 5.92 Å². The summed E-state index contributed by atoms with van der Waals surface area (Å²) in [6.07, 6.45) is 0.149. The number of aryl methyl sites for hydroxylation is 2. The average molecular weight is 344 g/mol. The van der Waals surface area contributed by atoms with E-state index in [1.807, 2.05) is 26.0 Å². The molecule has 0 N–H and O–H groups in total. The molecule has 0 aromatic heterocycles. The maximum atomic E-state index is 12.4. The number of hydrogen-bond acceptors (Lipinski definition) is 3. The first-order valence-electron chi connectivity index (χ1n) is 7.79. The van der Waals surface area contributed by atoms with Crippen molar-refractivity contribution in [3.05, 3.63) is 58.6 Å². The normalized spacial score (nSPS) is 17.2. The molecular weight excluding hydrogens is 326 g/mol. The zero-order valence-electron chi connectivity index (χ0n) is 13.6. The van der Waals surface area contributed by atoms with Crippen LogP contribution in [-0.2, 0) is 9.59 Å². The predicted molar refractivity (Wildman–Crippen MR) is 93.5 cm³/mol. The molecule has 2 aromatic carbocycles. The minimum Gasteiger partial charge on any atom is -0.426 e. The highest BCUT2D eigenvalue weighted by Crippen LogP contribution is 2.28. The largest absolute Gasteiger partial charge is 0.426 e. The number of esters is 1. The van der Waals surface area contributed by atoms with Crippen LogP contribution in [0.1, 0.15) is 17.5 Å². The Labute approximate surface area is 146 Å². The number of ether oxygens (including phenoxy) is 1. The van der Waals surface area contributed by atoms with Gasteiger partial charge in [0.25, 0.3) is 0 Å². The second kappa shape index (κ2) is 6.65. The van der Waals surface area contributed by atoms with Gasteiger partial charge in [0.15, 0.2) is 0 Å². The number of carbonyl (C=O) groups is 2. The van der Waals surface area contributed by atoms with Crippen LogP contribution in [0, 0.1) is 19.8 Å². The van der Waals surface area contributed by atoms with Crippen LogP contribution in [0.15, 0.2) is 42.5 Å². The predicted octanol–water partition coefficient (Wildman–Crippen LogP) is 3.92. The van der Waals surface area contributed by atoms with Gasteiger partial charge in [-0.1, -0.05) is 23.7 Å². The van der Waals surface area contributed by atoms with Crippen LogP contribution in [-0.4, -0.2) is 18.4 Å². The Kier molecular flexibility index (Phi) is 4.58. The molecule has 0 unspecified atom stereocenters. The highest BCUT2D eigenvalue weighted by Gasteiger charge is 2.36. The van der Waals surface area contributed by atoms with Crippen LogP contribution >= 0.6 is 11.6 Å². The third-order valence-electron chi connectivity index (χ3n) is 4.28. The van der Waals surface area contributed by atoms with E-state index >= 15 is 0 Å². The van der Waals surface area contributed by atoms with Crippen molar-refractivity contribution in [2.45, 2.75) is 20.3 Å². The summed E-state index contributed by atoms with van der Waals surface area (Å²) in [5.41, 5.74) is 2.90. The van der Waals surface area contributed by atoms with Gasteiger partial charge in [0.1, 0.15) is 5.75 Å². The number of amides is 1. The molecule has 0 bridgehead atoms. The Bertz CT molecular complexity index is 803. The Hall–Kier alpha value is -2.33. The van der Waals surface area contributed by atoms with Gasteiger partial charge in [-0.2, -0.15) is 0 Å². The summed E-state index contributed by atoms with van der Waals surface area (Å²) in [6, 6.07) is 12.6. The van der Waals surface area contributed by atoms with Crippen LogP contribution in [0.4, 0.5) is 5.69 Å². The number of nitrogens with zero attached hydrogens (tertiary/aromatic N) is 1. The third kappa shape index (κ3) is 3.44. The van der Waals surface area contributed by atoms with E-state index in [1.54, 1.807) is 35.2 Å². The van der Waals surface area contributed by atoms with Crippen molar-refractivity contribution >= 4 is 29.2 Å². The third-order valence-corrected chi connectivity index (χ3v) is 4.51. The molecule has 4 nitrogen and oxygen atoms in total. The highest BCUT2D eigenvalue weighted by atomic mass is 35.5. The van der Waals surface area contributed by atoms with E-state index in [0.717, 1.165) is 11.1 Å². The molecule has 1 aliphatic rings. The van der Waals surface area contributed by atoms with Crippen LogP contribution in [0.25, 0.3) is 0 Å². The fraction of sp³-hybridized carbons (Fsp3) is 0.263. The lowest BCUT2D eigenvalue weighted by Gasteiger charge is -2.16. The minimum atomic E-state index is -0.474. The minimum absolute atomic E-state index is 0.0979. The van der Waals surface area contributed by atoms with Gasteiger partial charge in [0, 0.05) is 23.7 Å². The number of anilines is 1. The quantitative estimate of drug-likeness (QED) is 0.627. The number of carbonyl (C=O) groups excluding carboxylic acids is 2. The first kappa shape index (κ1) is 16.5. The van der Waals surface area contributed by atoms with E-state index in [9.17, 15) is 9.59 Å². The number of hydrogen-bond donors (Lipinski definition) is 0. The molecule has 1 fully saturated rings. The van der Waals surface area contributed by atoms with Crippen LogP contribution < -0.4 is 9.64 Å². The standard InChI is InChI=1S/C19H18ClNO3/c1-12-6-7-17(8-13(12)2)24-19(23)14-9-18(22)21(11-14)16-5-3-4-15(20)10-16/h3-8,10,14H,9,11H2,1-2H3/t14-/m0/s1. The maximum absolute atomic E-state index is 12.4. The summed E-state index contributed by atoms with van der Waals surface area (Å²) in [6.45, 7) is 4.27. The average Bonchev–Trinajstić information content (AvgIpc) is 2.93. The van der Waals surface area contributed by atoms with Crippen LogP contribution in [0.2, 0.25) is 5.02 Å². The molecule has 1 aliphatic heterocycles. The molecular formula is C19H18ClNO3.